The lowest BCUT2D eigenvalue weighted by Crippen LogP contribution is -2.42. The quantitative estimate of drug-likeness (QED) is 0.706. The van der Waals surface area contributed by atoms with Gasteiger partial charge in [-0.2, -0.15) is 0 Å². The molecule has 1 heterocycles. The van der Waals surface area contributed by atoms with Crippen LogP contribution in [0.5, 0.6) is 0 Å². The van der Waals surface area contributed by atoms with Crippen LogP contribution >= 0.6 is 0 Å². The Morgan fingerprint density at radius 3 is 2.10 bits per heavy atom. The van der Waals surface area contributed by atoms with E-state index in [4.69, 9.17) is 4.43 Å². The normalized spacial score (nSPS) is 17.4. The molecule has 0 saturated heterocycles. The number of rotatable bonds is 5. The zero-order chi connectivity index (χ0) is 15.7. The molecule has 0 aromatic carbocycles. The first-order valence-corrected chi connectivity index (χ1v) is 10.7. The van der Waals surface area contributed by atoms with Crippen LogP contribution in [0.4, 0.5) is 0 Å². The van der Waals surface area contributed by atoms with E-state index < -0.39 is 8.32 Å². The SMILES string of the molecule is CC(C)N1C=C(CO[Si](C)(C)C(C)(C)C)N(C(C)C)C1. The molecule has 1 aliphatic heterocycles. The van der Waals surface area contributed by atoms with Crippen molar-refractivity contribution in [3.05, 3.63) is 11.9 Å². The van der Waals surface area contributed by atoms with Crippen LogP contribution in [0.2, 0.25) is 18.1 Å². The molecule has 0 bridgehead atoms. The van der Waals surface area contributed by atoms with Gasteiger partial charge in [-0.1, -0.05) is 20.8 Å². The molecule has 4 heteroatoms. The van der Waals surface area contributed by atoms with Gasteiger partial charge in [-0.25, -0.2) is 0 Å². The summed E-state index contributed by atoms with van der Waals surface area (Å²) >= 11 is 0. The zero-order valence-electron chi connectivity index (χ0n) is 14.9. The minimum absolute atomic E-state index is 0.270. The van der Waals surface area contributed by atoms with Gasteiger partial charge in [-0.3, -0.25) is 0 Å². The van der Waals surface area contributed by atoms with Crippen molar-refractivity contribution in [2.75, 3.05) is 13.3 Å². The van der Waals surface area contributed by atoms with E-state index in [-0.39, 0.29) is 5.04 Å². The second-order valence-corrected chi connectivity index (χ2v) is 12.8. The average Bonchev–Trinajstić information content (AvgIpc) is 2.69. The van der Waals surface area contributed by atoms with Crippen LogP contribution in [0.15, 0.2) is 11.9 Å². The molecule has 0 radical (unpaired) electrons. The van der Waals surface area contributed by atoms with Crippen LogP contribution in [-0.2, 0) is 4.43 Å². The molecule has 0 atom stereocenters. The van der Waals surface area contributed by atoms with Gasteiger partial charge in [0.15, 0.2) is 8.32 Å². The Balaban J connectivity index is 2.76. The van der Waals surface area contributed by atoms with Crippen LogP contribution in [-0.4, -0.2) is 43.5 Å². The van der Waals surface area contributed by atoms with Gasteiger partial charge in [0.05, 0.1) is 19.0 Å². The van der Waals surface area contributed by atoms with Crippen molar-refractivity contribution in [2.24, 2.45) is 0 Å². The van der Waals surface area contributed by atoms with Crippen molar-refractivity contribution in [3.63, 3.8) is 0 Å². The maximum absolute atomic E-state index is 6.39. The Bertz CT molecular complexity index is 356. The van der Waals surface area contributed by atoms with E-state index in [0.29, 0.717) is 12.1 Å². The van der Waals surface area contributed by atoms with Crippen LogP contribution < -0.4 is 0 Å². The Hall–Kier alpha value is -0.483. The van der Waals surface area contributed by atoms with Crippen molar-refractivity contribution in [3.8, 4) is 0 Å². The molecule has 0 aliphatic carbocycles. The smallest absolute Gasteiger partial charge is 0.192 e. The van der Waals surface area contributed by atoms with Crippen molar-refractivity contribution >= 4 is 8.32 Å². The van der Waals surface area contributed by atoms with Gasteiger partial charge in [-0.05, 0) is 45.8 Å². The van der Waals surface area contributed by atoms with E-state index in [2.05, 4.69) is 77.6 Å². The van der Waals surface area contributed by atoms with Gasteiger partial charge < -0.3 is 14.2 Å². The maximum atomic E-state index is 6.39. The molecule has 20 heavy (non-hydrogen) atoms. The van der Waals surface area contributed by atoms with E-state index >= 15 is 0 Å². The predicted octanol–water partition coefficient (Wildman–Crippen LogP) is 4.24. The molecular formula is C16H34N2OSi. The third kappa shape index (κ3) is 4.01. The second-order valence-electron chi connectivity index (χ2n) is 7.98. The molecule has 0 saturated carbocycles. The number of hydrogen-bond donors (Lipinski definition) is 0. The Labute approximate surface area is 127 Å². The molecular weight excluding hydrogens is 264 g/mol. The minimum Gasteiger partial charge on any atom is -0.411 e. The Morgan fingerprint density at radius 1 is 1.15 bits per heavy atom. The fourth-order valence-corrected chi connectivity index (χ4v) is 2.91. The summed E-state index contributed by atoms with van der Waals surface area (Å²) < 4.78 is 6.39. The zero-order valence-corrected chi connectivity index (χ0v) is 15.9. The van der Waals surface area contributed by atoms with Gasteiger partial charge in [0.25, 0.3) is 0 Å². The second kappa shape index (κ2) is 6.10. The molecule has 0 amide bonds. The fraction of sp³-hybridized carbons (Fsp3) is 0.875. The molecule has 0 aromatic rings. The highest BCUT2D eigenvalue weighted by atomic mass is 28.4. The third-order valence-corrected chi connectivity index (χ3v) is 9.15. The highest BCUT2D eigenvalue weighted by Crippen LogP contribution is 2.37. The fourth-order valence-electron chi connectivity index (χ4n) is 1.97. The molecule has 0 spiro atoms. The van der Waals surface area contributed by atoms with E-state index in [1.807, 2.05) is 0 Å². The van der Waals surface area contributed by atoms with Crippen LogP contribution in [0.25, 0.3) is 0 Å². The lowest BCUT2D eigenvalue weighted by Gasteiger charge is -2.37. The van der Waals surface area contributed by atoms with Gasteiger partial charge in [-0.15, -0.1) is 0 Å². The summed E-state index contributed by atoms with van der Waals surface area (Å²) in [5.74, 6) is 0. The largest absolute Gasteiger partial charge is 0.411 e. The van der Waals surface area contributed by atoms with Crippen LogP contribution in [0.1, 0.15) is 48.5 Å². The van der Waals surface area contributed by atoms with Gasteiger partial charge in [0.1, 0.15) is 0 Å². The molecule has 0 N–H and O–H groups in total. The summed E-state index contributed by atoms with van der Waals surface area (Å²) in [7, 11) is -1.67. The molecule has 3 nitrogen and oxygen atoms in total. The Morgan fingerprint density at radius 2 is 1.70 bits per heavy atom. The lowest BCUT2D eigenvalue weighted by atomic mass is 10.2. The molecule has 0 fully saturated rings. The molecule has 0 aromatic heterocycles. The van der Waals surface area contributed by atoms with E-state index in [1.54, 1.807) is 0 Å². The maximum Gasteiger partial charge on any atom is 0.192 e. The first-order chi connectivity index (χ1) is 8.95. The molecule has 1 rings (SSSR count). The minimum atomic E-state index is -1.67. The van der Waals surface area contributed by atoms with Crippen molar-refractivity contribution < 1.29 is 4.43 Å². The topological polar surface area (TPSA) is 15.7 Å². The molecule has 118 valence electrons. The summed E-state index contributed by atoms with van der Waals surface area (Å²) in [6.07, 6.45) is 2.29. The summed E-state index contributed by atoms with van der Waals surface area (Å²) in [5, 5.41) is 0.270. The molecule has 1 aliphatic rings. The third-order valence-electron chi connectivity index (χ3n) is 4.67. The van der Waals surface area contributed by atoms with E-state index in [9.17, 15) is 0 Å². The van der Waals surface area contributed by atoms with Crippen molar-refractivity contribution in [2.45, 2.75) is 78.7 Å². The average molecular weight is 299 g/mol. The van der Waals surface area contributed by atoms with Gasteiger partial charge in [0, 0.05) is 18.3 Å². The summed E-state index contributed by atoms with van der Waals surface area (Å²) in [6, 6.07) is 1.06. The highest BCUT2D eigenvalue weighted by Gasteiger charge is 2.38. The summed E-state index contributed by atoms with van der Waals surface area (Å²) in [5.41, 5.74) is 1.33. The number of hydrogen-bond acceptors (Lipinski definition) is 3. The standard InChI is InChI=1S/C16H34N2OSi/c1-13(2)17-10-15(18(12-17)14(3)4)11-19-20(8,9)16(5,6)7/h10,13-14H,11-12H2,1-9H3. The monoisotopic (exact) mass is 298 g/mol. The van der Waals surface area contributed by atoms with Gasteiger partial charge >= 0.3 is 0 Å². The van der Waals surface area contributed by atoms with E-state index in [0.717, 1.165) is 13.3 Å². The van der Waals surface area contributed by atoms with Gasteiger partial charge in [0.2, 0.25) is 0 Å². The van der Waals surface area contributed by atoms with Crippen LogP contribution in [0, 0.1) is 0 Å². The highest BCUT2D eigenvalue weighted by molar-refractivity contribution is 6.74. The predicted molar refractivity (Wildman–Crippen MR) is 90.0 cm³/mol. The summed E-state index contributed by atoms with van der Waals surface area (Å²) in [6.45, 7) is 22.3. The lowest BCUT2D eigenvalue weighted by molar-refractivity contribution is 0.178. The van der Waals surface area contributed by atoms with Crippen LogP contribution in [0.3, 0.4) is 0 Å². The van der Waals surface area contributed by atoms with Crippen molar-refractivity contribution in [1.82, 2.24) is 9.80 Å². The first-order valence-electron chi connectivity index (χ1n) is 7.83. The molecule has 0 unspecified atom stereocenters. The van der Waals surface area contributed by atoms with E-state index in [1.165, 1.54) is 5.70 Å². The summed E-state index contributed by atoms with van der Waals surface area (Å²) in [4.78, 5) is 4.84. The first kappa shape index (κ1) is 17.6. The van der Waals surface area contributed by atoms with Crippen molar-refractivity contribution in [1.29, 1.82) is 0 Å². The number of nitrogens with zero attached hydrogens (tertiary/aromatic N) is 2. The Kier molecular flexibility index (Phi) is 5.36.